The van der Waals surface area contributed by atoms with E-state index >= 15 is 0 Å². The summed E-state index contributed by atoms with van der Waals surface area (Å²) in [4.78, 5) is 33.3. The molecule has 2 aliphatic rings. The van der Waals surface area contributed by atoms with Crippen LogP contribution >= 0.6 is 24.2 Å². The van der Waals surface area contributed by atoms with E-state index in [9.17, 15) is 9.59 Å². The molecule has 2 fully saturated rings. The maximum absolute atomic E-state index is 13.7. The maximum atomic E-state index is 13.7. The number of nitrogens with two attached hydrogens (primary N) is 1. The van der Waals surface area contributed by atoms with Crippen LogP contribution in [0.3, 0.4) is 0 Å². The lowest BCUT2D eigenvalue weighted by atomic mass is 9.77. The number of rotatable bonds is 8. The van der Waals surface area contributed by atoms with Gasteiger partial charge in [-0.05, 0) is 60.1 Å². The normalized spacial score (nSPS) is 22.1. The molecule has 3 atom stereocenters. The summed E-state index contributed by atoms with van der Waals surface area (Å²) in [6, 6.07) is 14.9. The Bertz CT molecular complexity index is 1620. The van der Waals surface area contributed by atoms with Gasteiger partial charge < -0.3 is 20.8 Å². The third-order valence-electron chi connectivity index (χ3n) is 8.62. The molecule has 40 heavy (non-hydrogen) atoms. The van der Waals surface area contributed by atoms with Crippen LogP contribution in [0, 0.1) is 5.41 Å². The molecule has 0 spiro atoms. The van der Waals surface area contributed by atoms with Gasteiger partial charge in [-0.25, -0.2) is 4.98 Å². The molecule has 1 aliphatic heterocycles. The number of benzene rings is 2. The number of imidazole rings is 1. The molecular weight excluding hydrogens is 548 g/mol. The van der Waals surface area contributed by atoms with Crippen molar-refractivity contribution < 1.29 is 14.3 Å². The van der Waals surface area contributed by atoms with Crippen LogP contribution in [0.2, 0.25) is 5.02 Å². The third kappa shape index (κ3) is 4.29. The minimum Gasteiger partial charge on any atom is -0.380 e. The second kappa shape index (κ2) is 9.64. The Morgan fingerprint density at radius 3 is 2.62 bits per heavy atom. The summed E-state index contributed by atoms with van der Waals surface area (Å²) in [7, 11) is 1.72. The highest BCUT2D eigenvalue weighted by molar-refractivity contribution is 7.81. The lowest BCUT2D eigenvalue weighted by Crippen LogP contribution is -2.49. The van der Waals surface area contributed by atoms with Gasteiger partial charge in [-0.1, -0.05) is 42.8 Å². The molecule has 2 aromatic heterocycles. The van der Waals surface area contributed by atoms with Crippen molar-refractivity contribution in [2.75, 3.05) is 13.2 Å². The van der Waals surface area contributed by atoms with Crippen LogP contribution in [0.4, 0.5) is 0 Å². The second-order valence-electron chi connectivity index (χ2n) is 11.2. The number of aromatic amines is 1. The zero-order chi connectivity index (χ0) is 28.3. The van der Waals surface area contributed by atoms with E-state index in [1.165, 1.54) is 4.68 Å². The molecule has 2 aromatic carbocycles. The number of H-pyrrole nitrogens is 1. The molecule has 4 N–H and O–H groups in total. The van der Waals surface area contributed by atoms with Crippen LogP contribution in [0.5, 0.6) is 0 Å². The summed E-state index contributed by atoms with van der Waals surface area (Å²) in [6.45, 7) is 2.88. The zero-order valence-electron chi connectivity index (χ0n) is 22.3. The number of fused-ring (bicyclic) bond motifs is 1. The average Bonchev–Trinajstić information content (AvgIpc) is 3.34. The largest absolute Gasteiger partial charge is 0.380 e. The number of carbonyl (C=O) groups excluding carboxylic acids is 2. The van der Waals surface area contributed by atoms with E-state index < -0.39 is 16.2 Å². The molecule has 9 nitrogen and oxygen atoms in total. The quantitative estimate of drug-likeness (QED) is 0.184. The molecule has 3 heterocycles. The predicted molar refractivity (Wildman–Crippen MR) is 155 cm³/mol. The SMILES string of the molecule is Cn1nccc1C(=O)N[C@@](S)(c1nc2ccc(C3(C(N)=O)CCOC3)cc2[nH]1)[C@H](c1ccccc1Cl)C1(C)CC1. The number of aromatic nitrogens is 4. The summed E-state index contributed by atoms with van der Waals surface area (Å²) in [5.74, 6) is -0.619. The zero-order valence-corrected chi connectivity index (χ0v) is 23.9. The predicted octanol–water partition coefficient (Wildman–Crippen LogP) is 4.19. The fourth-order valence-electron chi connectivity index (χ4n) is 6.02. The van der Waals surface area contributed by atoms with Crippen LogP contribution in [-0.2, 0) is 26.9 Å². The van der Waals surface area contributed by atoms with E-state index in [2.05, 4.69) is 22.3 Å². The first kappa shape index (κ1) is 26.9. The monoisotopic (exact) mass is 578 g/mol. The number of carbonyl (C=O) groups is 2. The number of hydrogen-bond acceptors (Lipinski definition) is 6. The number of nitrogens with zero attached hydrogens (tertiary/aromatic N) is 3. The molecule has 11 heteroatoms. The van der Waals surface area contributed by atoms with E-state index in [1.54, 1.807) is 19.3 Å². The molecular formula is C29H31ClN6O3S. The summed E-state index contributed by atoms with van der Waals surface area (Å²) >= 11 is 12.0. The standard InChI is InChI=1S/C29H31ClN6O3S/c1-27(10-11-27)23(18-5-3-4-6-19(18)30)29(40,35-24(37)22-9-13-32-36(22)2)26-33-20-8-7-17(15-21(20)34-26)28(25(31)38)12-14-39-16-28/h3-9,13,15,23,40H,10-12,14,16H2,1-2H3,(H2,31,38)(H,33,34)(H,35,37)/t23-,28?,29+/m1/s1. The maximum Gasteiger partial charge on any atom is 0.270 e. The molecule has 0 radical (unpaired) electrons. The van der Waals surface area contributed by atoms with Gasteiger partial charge in [0.05, 0.1) is 23.1 Å². The molecule has 4 aromatic rings. The molecule has 1 unspecified atom stereocenters. The van der Waals surface area contributed by atoms with Gasteiger partial charge in [0.25, 0.3) is 5.91 Å². The van der Waals surface area contributed by atoms with Crippen LogP contribution in [0.15, 0.2) is 54.7 Å². The minimum atomic E-state index is -1.28. The fourth-order valence-corrected chi connectivity index (χ4v) is 6.92. The fraction of sp³-hybridized carbons (Fsp3) is 0.379. The number of nitrogens with one attached hydrogen (secondary N) is 2. The summed E-state index contributed by atoms with van der Waals surface area (Å²) in [5, 5.41) is 7.95. The number of amides is 2. The van der Waals surface area contributed by atoms with Crippen molar-refractivity contribution in [1.82, 2.24) is 25.1 Å². The molecule has 1 saturated heterocycles. The van der Waals surface area contributed by atoms with Gasteiger partial charge in [-0.2, -0.15) is 5.10 Å². The van der Waals surface area contributed by atoms with E-state index in [1.807, 2.05) is 42.5 Å². The van der Waals surface area contributed by atoms with Crippen molar-refractivity contribution >= 4 is 47.1 Å². The van der Waals surface area contributed by atoms with Crippen molar-refractivity contribution in [2.24, 2.45) is 18.2 Å². The Labute approximate surface area is 242 Å². The number of primary amides is 1. The van der Waals surface area contributed by atoms with Crippen molar-refractivity contribution in [1.29, 1.82) is 0 Å². The van der Waals surface area contributed by atoms with Crippen LogP contribution in [0.1, 0.15) is 59.5 Å². The number of halogens is 1. The minimum absolute atomic E-state index is 0.187. The van der Waals surface area contributed by atoms with E-state index in [0.717, 1.165) is 24.0 Å². The molecule has 1 aliphatic carbocycles. The first-order chi connectivity index (χ1) is 19.1. The van der Waals surface area contributed by atoms with Gasteiger partial charge in [-0.3, -0.25) is 14.3 Å². The van der Waals surface area contributed by atoms with Crippen LogP contribution in [0.25, 0.3) is 11.0 Å². The average molecular weight is 579 g/mol. The van der Waals surface area contributed by atoms with Gasteiger partial charge in [0, 0.05) is 30.8 Å². The Hall–Kier alpha value is -3.34. The van der Waals surface area contributed by atoms with Crippen molar-refractivity contribution in [3.05, 3.63) is 82.4 Å². The van der Waals surface area contributed by atoms with Gasteiger partial charge in [0.1, 0.15) is 16.4 Å². The van der Waals surface area contributed by atoms with E-state index in [-0.39, 0.29) is 23.8 Å². The summed E-state index contributed by atoms with van der Waals surface area (Å²) < 4.78 is 7.09. The smallest absolute Gasteiger partial charge is 0.270 e. The lowest BCUT2D eigenvalue weighted by Gasteiger charge is -2.40. The molecule has 1 saturated carbocycles. The number of hydrogen-bond donors (Lipinski definition) is 4. The Balaban J connectivity index is 1.51. The van der Waals surface area contributed by atoms with Crippen LogP contribution < -0.4 is 11.1 Å². The summed E-state index contributed by atoms with van der Waals surface area (Å²) in [6.07, 6.45) is 3.97. The van der Waals surface area contributed by atoms with Crippen LogP contribution in [-0.4, -0.2) is 44.8 Å². The van der Waals surface area contributed by atoms with Crippen molar-refractivity contribution in [3.63, 3.8) is 0 Å². The highest BCUT2D eigenvalue weighted by atomic mass is 35.5. The first-order valence-corrected chi connectivity index (χ1v) is 14.1. The lowest BCUT2D eigenvalue weighted by molar-refractivity contribution is -0.123. The first-order valence-electron chi connectivity index (χ1n) is 13.2. The van der Waals surface area contributed by atoms with Gasteiger partial charge >= 0.3 is 0 Å². The Morgan fingerprint density at radius 2 is 2.00 bits per heavy atom. The van der Waals surface area contributed by atoms with Crippen molar-refractivity contribution in [3.8, 4) is 0 Å². The topological polar surface area (TPSA) is 128 Å². The Morgan fingerprint density at radius 1 is 1.23 bits per heavy atom. The van der Waals surface area contributed by atoms with E-state index in [0.29, 0.717) is 40.6 Å². The van der Waals surface area contributed by atoms with Gasteiger partial charge in [0.2, 0.25) is 5.91 Å². The summed E-state index contributed by atoms with van der Waals surface area (Å²) in [5.41, 5.74) is 8.16. The highest BCUT2D eigenvalue weighted by Gasteiger charge is 2.57. The molecule has 6 rings (SSSR count). The highest BCUT2D eigenvalue weighted by Crippen LogP contribution is 2.63. The second-order valence-corrected chi connectivity index (χ2v) is 12.3. The Kier molecular flexibility index (Phi) is 6.47. The molecule has 0 bridgehead atoms. The van der Waals surface area contributed by atoms with E-state index in [4.69, 9.17) is 39.7 Å². The third-order valence-corrected chi connectivity index (χ3v) is 9.54. The number of ether oxygens (including phenoxy) is 1. The van der Waals surface area contributed by atoms with Crippen molar-refractivity contribution in [2.45, 2.75) is 42.4 Å². The number of aryl methyl sites for hydroxylation is 1. The molecule has 2 amide bonds. The van der Waals surface area contributed by atoms with Gasteiger partial charge in [-0.15, -0.1) is 12.6 Å². The molecule has 208 valence electrons. The number of thiol groups is 1. The van der Waals surface area contributed by atoms with Gasteiger partial charge in [0.15, 0.2) is 0 Å².